The van der Waals surface area contributed by atoms with Crippen LogP contribution in [-0.2, 0) is 4.74 Å². The molecule has 0 aromatic heterocycles. The molecule has 0 radical (unpaired) electrons. The fraction of sp³-hybridized carbons (Fsp3) is 1.00. The first-order valence-electron chi connectivity index (χ1n) is 4.72. The number of alkyl halides is 7. The van der Waals surface area contributed by atoms with Crippen molar-refractivity contribution in [1.29, 1.82) is 0 Å². The number of hydrogen-bond donors (Lipinski definition) is 0. The molecular weight excluding hydrogens is 257 g/mol. The average Bonchev–Trinajstić information content (AvgIpc) is 2.15. The Morgan fingerprint density at radius 1 is 0.824 bits per heavy atom. The van der Waals surface area contributed by atoms with E-state index in [2.05, 4.69) is 4.74 Å². The molecule has 0 aromatic rings. The summed E-state index contributed by atoms with van der Waals surface area (Å²) in [6.07, 6.45) is -10.9. The molecule has 1 nitrogen and oxygen atoms in total. The summed E-state index contributed by atoms with van der Waals surface area (Å²) >= 11 is 0. The lowest BCUT2D eigenvalue weighted by molar-refractivity contribution is -0.435. The maximum absolute atomic E-state index is 13.2. The Labute approximate surface area is 93.9 Å². The summed E-state index contributed by atoms with van der Waals surface area (Å²) < 4.78 is 92.7. The van der Waals surface area contributed by atoms with Crippen LogP contribution in [0.3, 0.4) is 0 Å². The van der Waals surface area contributed by atoms with Gasteiger partial charge in [0.1, 0.15) is 6.67 Å². The van der Waals surface area contributed by atoms with Crippen molar-refractivity contribution >= 4 is 0 Å². The molecule has 0 aliphatic rings. The largest absolute Gasteiger partial charge is 0.396 e. The third-order valence-electron chi connectivity index (χ3n) is 2.38. The van der Waals surface area contributed by atoms with E-state index in [0.29, 0.717) is 6.92 Å². The van der Waals surface area contributed by atoms with Gasteiger partial charge in [-0.25, -0.2) is 13.2 Å². The van der Waals surface area contributed by atoms with Crippen molar-refractivity contribution in [3.63, 3.8) is 0 Å². The Morgan fingerprint density at radius 2 is 1.18 bits per heavy atom. The van der Waals surface area contributed by atoms with Gasteiger partial charge in [-0.15, -0.1) is 0 Å². The van der Waals surface area contributed by atoms with Gasteiger partial charge >= 0.3 is 12.2 Å². The molecular formula is C9H13F7O. The van der Waals surface area contributed by atoms with Crippen LogP contribution in [0, 0.1) is 0 Å². The summed E-state index contributed by atoms with van der Waals surface area (Å²) in [5.41, 5.74) is -7.37. The molecule has 0 amide bonds. The van der Waals surface area contributed by atoms with Crippen LogP contribution in [0.1, 0.15) is 27.2 Å². The van der Waals surface area contributed by atoms with Crippen molar-refractivity contribution in [3.05, 3.63) is 0 Å². The summed E-state index contributed by atoms with van der Waals surface area (Å²) in [5.74, 6) is 0. The Hall–Kier alpha value is -0.530. The maximum Gasteiger partial charge on any atom is 0.396 e. The van der Waals surface area contributed by atoms with Crippen molar-refractivity contribution in [3.8, 4) is 0 Å². The molecule has 0 aliphatic heterocycles. The molecule has 0 spiro atoms. The summed E-state index contributed by atoms with van der Waals surface area (Å²) in [7, 11) is 0. The molecule has 0 N–H and O–H groups in total. The third kappa shape index (κ3) is 3.23. The molecule has 0 saturated heterocycles. The first kappa shape index (κ1) is 16.5. The second-order valence-electron chi connectivity index (χ2n) is 4.02. The molecule has 0 aromatic carbocycles. The lowest BCUT2D eigenvalue weighted by Gasteiger charge is -2.35. The molecule has 0 saturated carbocycles. The van der Waals surface area contributed by atoms with Crippen LogP contribution in [0.5, 0.6) is 0 Å². The summed E-state index contributed by atoms with van der Waals surface area (Å²) in [5, 5.41) is 0. The zero-order valence-corrected chi connectivity index (χ0v) is 9.47. The van der Waals surface area contributed by atoms with E-state index in [-0.39, 0.29) is 6.92 Å². The second kappa shape index (κ2) is 4.62. The topological polar surface area (TPSA) is 9.23 Å². The van der Waals surface area contributed by atoms with Crippen LogP contribution in [-0.4, -0.2) is 30.2 Å². The molecule has 0 rings (SSSR count). The molecule has 0 bridgehead atoms. The molecule has 0 aliphatic carbocycles. The zero-order chi connectivity index (χ0) is 14.1. The summed E-state index contributed by atoms with van der Waals surface area (Å²) in [4.78, 5) is 0. The van der Waals surface area contributed by atoms with Gasteiger partial charge in [0.2, 0.25) is 5.67 Å². The van der Waals surface area contributed by atoms with Gasteiger partial charge in [-0.2, -0.15) is 17.6 Å². The Bertz CT molecular complexity index is 236. The molecule has 0 heterocycles. The lowest BCUT2D eigenvalue weighted by atomic mass is 10.0. The highest BCUT2D eigenvalue weighted by Gasteiger charge is 2.63. The van der Waals surface area contributed by atoms with Gasteiger partial charge in [0.25, 0.3) is 0 Å². The van der Waals surface area contributed by atoms with Gasteiger partial charge in [0, 0.05) is 0 Å². The number of ether oxygens (including phenoxy) is 1. The highest BCUT2D eigenvalue weighted by atomic mass is 19.3. The van der Waals surface area contributed by atoms with Crippen molar-refractivity contribution in [1.82, 2.24) is 0 Å². The van der Waals surface area contributed by atoms with E-state index in [1.165, 1.54) is 0 Å². The second-order valence-corrected chi connectivity index (χ2v) is 4.02. The van der Waals surface area contributed by atoms with E-state index in [9.17, 15) is 30.7 Å². The first-order valence-corrected chi connectivity index (χ1v) is 4.72. The Kier molecular flexibility index (Phi) is 4.48. The minimum Gasteiger partial charge on any atom is -0.250 e. The van der Waals surface area contributed by atoms with Crippen molar-refractivity contribution in [2.24, 2.45) is 0 Å². The van der Waals surface area contributed by atoms with Crippen molar-refractivity contribution in [2.45, 2.75) is 50.7 Å². The number of rotatable bonds is 6. The van der Waals surface area contributed by atoms with E-state index in [4.69, 9.17) is 0 Å². The number of halogens is 7. The van der Waals surface area contributed by atoms with Gasteiger partial charge < -0.3 is 0 Å². The monoisotopic (exact) mass is 270 g/mol. The highest BCUT2D eigenvalue weighted by molar-refractivity contribution is 4.88. The maximum atomic E-state index is 13.2. The zero-order valence-electron chi connectivity index (χ0n) is 9.47. The molecule has 2 atom stereocenters. The molecule has 8 heteroatoms. The van der Waals surface area contributed by atoms with E-state index < -0.39 is 36.7 Å². The fourth-order valence-electron chi connectivity index (χ4n) is 0.657. The van der Waals surface area contributed by atoms with Crippen LogP contribution in [0.4, 0.5) is 30.7 Å². The first-order chi connectivity index (χ1) is 7.33. The van der Waals surface area contributed by atoms with Crippen LogP contribution in [0.15, 0.2) is 0 Å². The van der Waals surface area contributed by atoms with E-state index in [0.717, 1.165) is 6.92 Å². The minimum absolute atomic E-state index is 0.0462. The van der Waals surface area contributed by atoms with Crippen LogP contribution in [0.25, 0.3) is 0 Å². The lowest BCUT2D eigenvalue weighted by Crippen LogP contribution is -2.54. The summed E-state index contributed by atoms with van der Waals surface area (Å²) in [6.45, 7) is -0.900. The SMILES string of the molecule is CCC(C)(F)C(F)(F)OC(F)(F)C(C)(F)CF. The third-order valence-corrected chi connectivity index (χ3v) is 2.38. The standard InChI is InChI=1S/C9H13F7O/c1-4-6(2,11)8(13,14)17-9(15,16)7(3,12)5-10/h4-5H2,1-3H3. The van der Waals surface area contributed by atoms with Gasteiger partial charge in [0.15, 0.2) is 5.67 Å². The van der Waals surface area contributed by atoms with Crippen molar-refractivity contribution in [2.75, 3.05) is 6.67 Å². The quantitative estimate of drug-likeness (QED) is 0.662. The van der Waals surface area contributed by atoms with Gasteiger partial charge in [0.05, 0.1) is 0 Å². The van der Waals surface area contributed by atoms with Crippen LogP contribution >= 0.6 is 0 Å². The molecule has 17 heavy (non-hydrogen) atoms. The van der Waals surface area contributed by atoms with E-state index >= 15 is 0 Å². The van der Waals surface area contributed by atoms with Crippen molar-refractivity contribution < 1.29 is 35.5 Å². The Morgan fingerprint density at radius 3 is 1.47 bits per heavy atom. The van der Waals surface area contributed by atoms with E-state index in [1.807, 2.05) is 0 Å². The smallest absolute Gasteiger partial charge is 0.250 e. The van der Waals surface area contributed by atoms with Crippen LogP contribution < -0.4 is 0 Å². The average molecular weight is 270 g/mol. The number of hydrogen-bond acceptors (Lipinski definition) is 1. The highest BCUT2D eigenvalue weighted by Crippen LogP contribution is 2.44. The molecule has 0 fully saturated rings. The predicted octanol–water partition coefficient (Wildman–Crippen LogP) is 4.02. The minimum atomic E-state index is -5.15. The van der Waals surface area contributed by atoms with Crippen LogP contribution in [0.2, 0.25) is 0 Å². The molecule has 104 valence electrons. The molecule has 2 unspecified atom stereocenters. The normalized spacial score (nSPS) is 20.8. The van der Waals surface area contributed by atoms with Gasteiger partial charge in [-0.3, -0.25) is 4.74 Å². The Balaban J connectivity index is 5.07. The summed E-state index contributed by atoms with van der Waals surface area (Å²) in [6, 6.07) is 0. The van der Waals surface area contributed by atoms with Gasteiger partial charge in [-0.05, 0) is 20.3 Å². The van der Waals surface area contributed by atoms with E-state index in [1.54, 1.807) is 0 Å². The fourth-order valence-corrected chi connectivity index (χ4v) is 0.657. The predicted molar refractivity (Wildman–Crippen MR) is 46.3 cm³/mol. The van der Waals surface area contributed by atoms with Gasteiger partial charge in [-0.1, -0.05) is 6.92 Å².